The Morgan fingerprint density at radius 2 is 1.76 bits per heavy atom. The van der Waals surface area contributed by atoms with E-state index < -0.39 is 0 Å². The number of likely N-dealkylation sites (tertiary alicyclic amines) is 1. The number of carbonyl (C=O) groups is 1. The number of ether oxygens (including phenoxy) is 1. The van der Waals surface area contributed by atoms with E-state index in [-0.39, 0.29) is 11.8 Å². The maximum absolute atomic E-state index is 12.9. The van der Waals surface area contributed by atoms with Crippen molar-refractivity contribution in [1.82, 2.24) is 4.90 Å². The molecule has 0 atom stereocenters. The van der Waals surface area contributed by atoms with E-state index in [1.54, 1.807) is 12.1 Å². The number of nitrogens with zero attached hydrogens (tertiary/aromatic N) is 1. The zero-order valence-electron chi connectivity index (χ0n) is 14.2. The molecule has 25 heavy (non-hydrogen) atoms. The van der Waals surface area contributed by atoms with Crippen molar-refractivity contribution >= 4 is 11.7 Å². The van der Waals surface area contributed by atoms with Crippen LogP contribution in [0.4, 0.5) is 14.9 Å². The lowest BCUT2D eigenvalue weighted by molar-refractivity contribution is 0.170. The van der Waals surface area contributed by atoms with Gasteiger partial charge in [0.1, 0.15) is 11.6 Å². The molecule has 132 valence electrons. The van der Waals surface area contributed by atoms with Gasteiger partial charge in [-0.05, 0) is 61.6 Å². The average Bonchev–Trinajstić information content (AvgIpc) is 2.65. The first-order valence-electron chi connectivity index (χ1n) is 8.70. The summed E-state index contributed by atoms with van der Waals surface area (Å²) in [5, 5.41) is 2.81. The predicted molar refractivity (Wildman–Crippen MR) is 96.3 cm³/mol. The van der Waals surface area contributed by atoms with Gasteiger partial charge in [0, 0.05) is 18.8 Å². The summed E-state index contributed by atoms with van der Waals surface area (Å²) in [4.78, 5) is 14.1. The number of anilines is 1. The van der Waals surface area contributed by atoms with Gasteiger partial charge in [0.25, 0.3) is 0 Å². The first-order valence-corrected chi connectivity index (χ1v) is 8.70. The smallest absolute Gasteiger partial charge is 0.321 e. The van der Waals surface area contributed by atoms with Crippen molar-refractivity contribution in [3.63, 3.8) is 0 Å². The van der Waals surface area contributed by atoms with Crippen molar-refractivity contribution in [2.75, 3.05) is 25.0 Å². The molecule has 1 fully saturated rings. The Morgan fingerprint density at radius 3 is 2.44 bits per heavy atom. The second-order valence-corrected chi connectivity index (χ2v) is 6.32. The van der Waals surface area contributed by atoms with Gasteiger partial charge in [0.2, 0.25) is 0 Å². The maximum Gasteiger partial charge on any atom is 0.321 e. The number of hydrogen-bond acceptors (Lipinski definition) is 2. The standard InChI is InChI=1S/C20H23FN2O2/c21-17-6-8-18(9-7-17)22-20(24)23-13-10-16(11-14-23)12-15-25-19-4-2-1-3-5-19/h1-9,16H,10-15H2,(H,22,24). The topological polar surface area (TPSA) is 41.6 Å². The third-order valence-corrected chi connectivity index (χ3v) is 4.54. The minimum Gasteiger partial charge on any atom is -0.494 e. The molecule has 4 nitrogen and oxygen atoms in total. The maximum atomic E-state index is 12.9. The fourth-order valence-corrected chi connectivity index (χ4v) is 3.02. The van der Waals surface area contributed by atoms with Crippen LogP contribution in [-0.2, 0) is 0 Å². The summed E-state index contributed by atoms with van der Waals surface area (Å²) in [7, 11) is 0. The van der Waals surface area contributed by atoms with Crippen LogP contribution in [0.25, 0.3) is 0 Å². The first kappa shape index (κ1) is 17.3. The summed E-state index contributed by atoms with van der Waals surface area (Å²) < 4.78 is 18.6. The highest BCUT2D eigenvalue weighted by Gasteiger charge is 2.22. The van der Waals surface area contributed by atoms with Gasteiger partial charge in [-0.2, -0.15) is 0 Å². The number of piperidine rings is 1. The van der Waals surface area contributed by atoms with E-state index in [0.717, 1.165) is 38.1 Å². The number of carbonyl (C=O) groups excluding carboxylic acids is 1. The highest BCUT2D eigenvalue weighted by molar-refractivity contribution is 5.89. The van der Waals surface area contributed by atoms with Crippen LogP contribution >= 0.6 is 0 Å². The molecule has 1 aliphatic rings. The van der Waals surface area contributed by atoms with Crippen molar-refractivity contribution in [1.29, 1.82) is 0 Å². The van der Waals surface area contributed by atoms with E-state index >= 15 is 0 Å². The normalized spacial score (nSPS) is 15.0. The van der Waals surface area contributed by atoms with Crippen molar-refractivity contribution in [2.24, 2.45) is 5.92 Å². The van der Waals surface area contributed by atoms with Crippen LogP contribution < -0.4 is 10.1 Å². The third kappa shape index (κ3) is 5.21. The highest BCUT2D eigenvalue weighted by Crippen LogP contribution is 2.22. The Labute approximate surface area is 147 Å². The highest BCUT2D eigenvalue weighted by atomic mass is 19.1. The van der Waals surface area contributed by atoms with Crippen LogP contribution in [0.3, 0.4) is 0 Å². The number of nitrogens with one attached hydrogen (secondary N) is 1. The second kappa shape index (κ2) is 8.51. The van der Waals surface area contributed by atoms with Gasteiger partial charge in [-0.25, -0.2) is 9.18 Å². The van der Waals surface area contributed by atoms with Gasteiger partial charge in [-0.3, -0.25) is 0 Å². The van der Waals surface area contributed by atoms with E-state index in [1.807, 2.05) is 35.2 Å². The Kier molecular flexibility index (Phi) is 5.88. The lowest BCUT2D eigenvalue weighted by Crippen LogP contribution is -2.41. The van der Waals surface area contributed by atoms with Gasteiger partial charge in [0.15, 0.2) is 0 Å². The lowest BCUT2D eigenvalue weighted by atomic mass is 9.94. The number of benzene rings is 2. The molecule has 2 amide bonds. The Hall–Kier alpha value is -2.56. The Morgan fingerprint density at radius 1 is 1.08 bits per heavy atom. The number of hydrogen-bond donors (Lipinski definition) is 1. The summed E-state index contributed by atoms with van der Waals surface area (Å²) in [6.07, 6.45) is 2.96. The van der Waals surface area contributed by atoms with Gasteiger partial charge < -0.3 is 15.0 Å². The van der Waals surface area contributed by atoms with Crippen LogP contribution in [0.2, 0.25) is 0 Å². The molecule has 0 unspecified atom stereocenters. The van der Waals surface area contributed by atoms with Gasteiger partial charge >= 0.3 is 6.03 Å². The molecule has 0 radical (unpaired) electrons. The van der Waals surface area contributed by atoms with Crippen LogP contribution in [0, 0.1) is 11.7 Å². The van der Waals surface area contributed by atoms with Gasteiger partial charge in [-0.15, -0.1) is 0 Å². The molecule has 2 aromatic carbocycles. The molecule has 1 aliphatic heterocycles. The molecule has 5 heteroatoms. The molecule has 1 heterocycles. The first-order chi connectivity index (χ1) is 12.2. The fraction of sp³-hybridized carbons (Fsp3) is 0.350. The van der Waals surface area contributed by atoms with Gasteiger partial charge in [0.05, 0.1) is 6.61 Å². The van der Waals surface area contributed by atoms with E-state index in [9.17, 15) is 9.18 Å². The van der Waals surface area contributed by atoms with Crippen molar-refractivity contribution < 1.29 is 13.9 Å². The van der Waals surface area contributed by atoms with Gasteiger partial charge in [-0.1, -0.05) is 18.2 Å². The van der Waals surface area contributed by atoms with Crippen LogP contribution in [0.15, 0.2) is 54.6 Å². The predicted octanol–water partition coefficient (Wildman–Crippen LogP) is 4.54. The molecular weight excluding hydrogens is 319 g/mol. The molecule has 0 aromatic heterocycles. The summed E-state index contributed by atoms with van der Waals surface area (Å²) in [5.74, 6) is 1.17. The number of urea groups is 1. The van der Waals surface area contributed by atoms with E-state index in [4.69, 9.17) is 4.74 Å². The largest absolute Gasteiger partial charge is 0.494 e. The molecule has 2 aromatic rings. The monoisotopic (exact) mass is 342 g/mol. The van der Waals surface area contributed by atoms with Crippen molar-refractivity contribution in [2.45, 2.75) is 19.3 Å². The lowest BCUT2D eigenvalue weighted by Gasteiger charge is -2.32. The van der Waals surface area contributed by atoms with Crippen molar-refractivity contribution in [3.8, 4) is 5.75 Å². The molecule has 3 rings (SSSR count). The zero-order valence-corrected chi connectivity index (χ0v) is 14.2. The molecule has 1 saturated heterocycles. The quantitative estimate of drug-likeness (QED) is 0.867. The summed E-state index contributed by atoms with van der Waals surface area (Å²) in [6.45, 7) is 2.18. The molecule has 1 N–H and O–H groups in total. The SMILES string of the molecule is O=C(Nc1ccc(F)cc1)N1CCC(CCOc2ccccc2)CC1. The van der Waals surface area contributed by atoms with Crippen LogP contribution in [0.1, 0.15) is 19.3 Å². The summed E-state index contributed by atoms with van der Waals surface area (Å²) in [5.41, 5.74) is 0.616. The number of amides is 2. The molecule has 0 spiro atoms. The molecule has 0 aliphatic carbocycles. The Bertz CT molecular complexity index is 668. The Balaban J connectivity index is 1.37. The number of rotatable bonds is 5. The van der Waals surface area contributed by atoms with Crippen molar-refractivity contribution in [3.05, 3.63) is 60.4 Å². The van der Waals surface area contributed by atoms with E-state index in [1.165, 1.54) is 12.1 Å². The molecular formula is C20H23FN2O2. The van der Waals surface area contributed by atoms with E-state index in [2.05, 4.69) is 5.32 Å². The fourth-order valence-electron chi connectivity index (χ4n) is 3.02. The van der Waals surface area contributed by atoms with Crippen LogP contribution in [-0.4, -0.2) is 30.6 Å². The van der Waals surface area contributed by atoms with E-state index in [0.29, 0.717) is 18.2 Å². The zero-order chi connectivity index (χ0) is 17.5. The molecule has 0 bridgehead atoms. The minimum absolute atomic E-state index is 0.120. The second-order valence-electron chi connectivity index (χ2n) is 6.32. The molecule has 0 saturated carbocycles. The minimum atomic E-state index is -0.309. The summed E-state index contributed by atoms with van der Waals surface area (Å²) in [6, 6.07) is 15.5. The average molecular weight is 342 g/mol. The van der Waals surface area contributed by atoms with Crippen LogP contribution in [0.5, 0.6) is 5.75 Å². The number of halogens is 1. The summed E-state index contributed by atoms with van der Waals surface area (Å²) >= 11 is 0. The number of para-hydroxylation sites is 1. The third-order valence-electron chi connectivity index (χ3n) is 4.54.